The number of carbonyl (C=O) groups is 1. The van der Waals surface area contributed by atoms with E-state index in [1.54, 1.807) is 14.2 Å². The van der Waals surface area contributed by atoms with E-state index in [0.717, 1.165) is 18.9 Å². The largest absolute Gasteiger partial charge is 0.383 e. The lowest BCUT2D eigenvalue weighted by Crippen LogP contribution is -2.43. The Hall–Kier alpha value is -0.570. The molecule has 0 aliphatic rings. The molecule has 0 aromatic carbocycles. The fourth-order valence-corrected chi connectivity index (χ4v) is 1.98. The minimum atomic E-state index is -0.0614. The van der Waals surface area contributed by atoms with Gasteiger partial charge in [-0.1, -0.05) is 39.5 Å². The Morgan fingerprint density at radius 1 is 1.04 bits per heavy atom. The van der Waals surface area contributed by atoms with Gasteiger partial charge in [0.2, 0.25) is 5.91 Å². The molecule has 0 aliphatic carbocycles. The van der Waals surface area contributed by atoms with Crippen molar-refractivity contribution < 1.29 is 9.53 Å². The summed E-state index contributed by atoms with van der Waals surface area (Å²) < 4.78 is 4.87. The highest BCUT2D eigenvalue weighted by atomic mass is 127. The summed E-state index contributed by atoms with van der Waals surface area (Å²) in [6.07, 6.45) is 6.27. The van der Waals surface area contributed by atoms with Crippen LogP contribution in [0, 0.1) is 5.92 Å². The van der Waals surface area contributed by atoms with Crippen LogP contribution in [0.3, 0.4) is 0 Å². The summed E-state index contributed by atoms with van der Waals surface area (Å²) >= 11 is 0. The molecule has 0 radical (unpaired) electrons. The number of carbonyl (C=O) groups excluding carboxylic acids is 1. The molecule has 0 unspecified atom stereocenters. The van der Waals surface area contributed by atoms with Crippen LogP contribution in [-0.4, -0.2) is 52.3 Å². The average Bonchev–Trinajstić information content (AvgIpc) is 2.49. The topological polar surface area (TPSA) is 74.8 Å². The minimum Gasteiger partial charge on any atom is -0.383 e. The number of halogens is 1. The van der Waals surface area contributed by atoms with Gasteiger partial charge in [-0.3, -0.25) is 9.79 Å². The van der Waals surface area contributed by atoms with Crippen molar-refractivity contribution in [2.24, 2.45) is 10.9 Å². The van der Waals surface area contributed by atoms with Crippen molar-refractivity contribution in [3.05, 3.63) is 0 Å². The van der Waals surface area contributed by atoms with E-state index in [4.69, 9.17) is 4.74 Å². The third-order valence-corrected chi connectivity index (χ3v) is 3.27. The van der Waals surface area contributed by atoms with Crippen molar-refractivity contribution in [1.82, 2.24) is 16.0 Å². The van der Waals surface area contributed by atoms with E-state index < -0.39 is 0 Å². The molecule has 0 saturated carbocycles. The third kappa shape index (κ3) is 17.6. The number of guanidine groups is 1. The number of ether oxygens (including phenoxy) is 1. The zero-order valence-electron chi connectivity index (χ0n) is 15.1. The van der Waals surface area contributed by atoms with Gasteiger partial charge in [-0.25, -0.2) is 0 Å². The standard InChI is InChI=1S/C16H34N4O2.HI/c1-14(2)9-7-5-6-8-10-19-16(17-3)20-13-15(21)18-11-12-22-4;/h14H,5-13H2,1-4H3,(H,18,21)(H2,17,19,20);1H. The van der Waals surface area contributed by atoms with E-state index in [1.807, 2.05) is 0 Å². The van der Waals surface area contributed by atoms with Crippen LogP contribution in [-0.2, 0) is 9.53 Å². The Labute approximate surface area is 158 Å². The zero-order chi connectivity index (χ0) is 16.6. The second-order valence-corrected chi connectivity index (χ2v) is 5.79. The molecule has 0 saturated heterocycles. The van der Waals surface area contributed by atoms with Crippen molar-refractivity contribution in [2.75, 3.05) is 40.4 Å². The second-order valence-electron chi connectivity index (χ2n) is 5.79. The van der Waals surface area contributed by atoms with Gasteiger partial charge in [-0.15, -0.1) is 24.0 Å². The van der Waals surface area contributed by atoms with E-state index in [1.165, 1.54) is 25.7 Å². The smallest absolute Gasteiger partial charge is 0.239 e. The third-order valence-electron chi connectivity index (χ3n) is 3.27. The van der Waals surface area contributed by atoms with Crippen molar-refractivity contribution in [3.63, 3.8) is 0 Å². The monoisotopic (exact) mass is 442 g/mol. The van der Waals surface area contributed by atoms with Gasteiger partial charge in [0.15, 0.2) is 5.96 Å². The normalized spacial score (nSPS) is 11.1. The molecule has 0 spiro atoms. The van der Waals surface area contributed by atoms with Crippen LogP contribution >= 0.6 is 24.0 Å². The zero-order valence-corrected chi connectivity index (χ0v) is 17.4. The molecule has 138 valence electrons. The number of hydrogen-bond donors (Lipinski definition) is 3. The van der Waals surface area contributed by atoms with Crippen LogP contribution in [0.15, 0.2) is 4.99 Å². The Morgan fingerprint density at radius 3 is 2.35 bits per heavy atom. The van der Waals surface area contributed by atoms with Crippen LogP contribution in [0.2, 0.25) is 0 Å². The summed E-state index contributed by atoms with van der Waals surface area (Å²) in [5.74, 6) is 1.41. The van der Waals surface area contributed by atoms with Gasteiger partial charge < -0.3 is 20.7 Å². The molecule has 1 amide bonds. The van der Waals surface area contributed by atoms with Crippen LogP contribution in [0.4, 0.5) is 0 Å². The number of amides is 1. The van der Waals surface area contributed by atoms with Crippen molar-refractivity contribution in [3.8, 4) is 0 Å². The Morgan fingerprint density at radius 2 is 1.74 bits per heavy atom. The fourth-order valence-electron chi connectivity index (χ4n) is 1.98. The number of nitrogens with zero attached hydrogens (tertiary/aromatic N) is 1. The first-order valence-electron chi connectivity index (χ1n) is 8.30. The fraction of sp³-hybridized carbons (Fsp3) is 0.875. The second kappa shape index (κ2) is 17.8. The molecule has 23 heavy (non-hydrogen) atoms. The van der Waals surface area contributed by atoms with Gasteiger partial charge in [0.25, 0.3) is 0 Å². The van der Waals surface area contributed by atoms with Gasteiger partial charge in [-0.05, 0) is 12.3 Å². The molecule has 7 heteroatoms. The summed E-state index contributed by atoms with van der Waals surface area (Å²) in [6, 6.07) is 0. The highest BCUT2D eigenvalue weighted by Crippen LogP contribution is 2.08. The van der Waals surface area contributed by atoms with E-state index in [-0.39, 0.29) is 36.4 Å². The minimum absolute atomic E-state index is 0. The number of nitrogens with one attached hydrogen (secondary N) is 3. The number of rotatable bonds is 12. The maximum absolute atomic E-state index is 11.5. The quantitative estimate of drug-likeness (QED) is 0.187. The molecular weight excluding hydrogens is 407 g/mol. The first kappa shape index (κ1) is 24.7. The van der Waals surface area contributed by atoms with Crippen molar-refractivity contribution in [1.29, 1.82) is 0 Å². The van der Waals surface area contributed by atoms with E-state index in [9.17, 15) is 4.79 Å². The predicted octanol–water partition coefficient (Wildman–Crippen LogP) is 2.14. The van der Waals surface area contributed by atoms with Crippen LogP contribution in [0.25, 0.3) is 0 Å². The van der Waals surface area contributed by atoms with Gasteiger partial charge in [0.1, 0.15) is 0 Å². The Bertz CT molecular complexity index is 312. The van der Waals surface area contributed by atoms with Crippen molar-refractivity contribution >= 4 is 35.8 Å². The highest BCUT2D eigenvalue weighted by Gasteiger charge is 2.02. The van der Waals surface area contributed by atoms with E-state index in [2.05, 4.69) is 34.8 Å². The van der Waals surface area contributed by atoms with Crippen LogP contribution in [0.5, 0.6) is 0 Å². The lowest BCUT2D eigenvalue weighted by molar-refractivity contribution is -0.120. The lowest BCUT2D eigenvalue weighted by atomic mass is 10.0. The molecule has 3 N–H and O–H groups in total. The summed E-state index contributed by atoms with van der Waals surface area (Å²) in [6.45, 7) is 6.69. The van der Waals surface area contributed by atoms with Gasteiger partial charge in [-0.2, -0.15) is 0 Å². The molecule has 0 rings (SSSR count). The maximum atomic E-state index is 11.5. The predicted molar refractivity (Wildman–Crippen MR) is 108 cm³/mol. The molecular formula is C16H35IN4O2. The molecule has 0 heterocycles. The average molecular weight is 442 g/mol. The Balaban J connectivity index is 0. The summed E-state index contributed by atoms with van der Waals surface area (Å²) in [4.78, 5) is 15.6. The SMILES string of the molecule is CN=C(NCCCCCCC(C)C)NCC(=O)NCCOC.I. The number of methoxy groups -OCH3 is 1. The first-order chi connectivity index (χ1) is 10.6. The van der Waals surface area contributed by atoms with Gasteiger partial charge >= 0.3 is 0 Å². The maximum Gasteiger partial charge on any atom is 0.239 e. The molecule has 0 bridgehead atoms. The molecule has 6 nitrogen and oxygen atoms in total. The molecule has 0 atom stereocenters. The summed E-state index contributed by atoms with van der Waals surface area (Å²) in [5, 5.41) is 8.98. The van der Waals surface area contributed by atoms with Crippen LogP contribution < -0.4 is 16.0 Å². The molecule has 0 aromatic rings. The lowest BCUT2D eigenvalue weighted by Gasteiger charge is -2.12. The summed E-state index contributed by atoms with van der Waals surface area (Å²) in [5.41, 5.74) is 0. The number of aliphatic imine (C=N–C) groups is 1. The number of hydrogen-bond acceptors (Lipinski definition) is 3. The molecule has 0 aromatic heterocycles. The molecule has 0 aliphatic heterocycles. The van der Waals surface area contributed by atoms with Crippen molar-refractivity contribution in [2.45, 2.75) is 46.0 Å². The Kier molecular flexibility index (Phi) is 19.1. The summed E-state index contributed by atoms with van der Waals surface area (Å²) in [7, 11) is 3.32. The highest BCUT2D eigenvalue weighted by molar-refractivity contribution is 14.0. The van der Waals surface area contributed by atoms with E-state index in [0.29, 0.717) is 19.1 Å². The van der Waals surface area contributed by atoms with E-state index >= 15 is 0 Å². The number of unbranched alkanes of at least 4 members (excludes halogenated alkanes) is 3. The first-order valence-corrected chi connectivity index (χ1v) is 8.30. The van der Waals surface area contributed by atoms with Gasteiger partial charge in [0.05, 0.1) is 13.2 Å². The molecule has 0 fully saturated rings. The van der Waals surface area contributed by atoms with Gasteiger partial charge in [0, 0.05) is 27.2 Å². The van der Waals surface area contributed by atoms with Crippen LogP contribution in [0.1, 0.15) is 46.0 Å².